The van der Waals surface area contributed by atoms with Gasteiger partial charge in [0.1, 0.15) is 5.69 Å². The minimum atomic E-state index is -0.450. The van der Waals surface area contributed by atoms with E-state index in [0.29, 0.717) is 5.69 Å². The van der Waals surface area contributed by atoms with E-state index in [9.17, 15) is 9.59 Å². The average Bonchev–Trinajstić information content (AvgIpc) is 2.08. The highest BCUT2D eigenvalue weighted by Gasteiger charge is 2.03. The van der Waals surface area contributed by atoms with Crippen LogP contribution in [0.5, 0.6) is 5.75 Å². The van der Waals surface area contributed by atoms with Crippen LogP contribution < -0.4 is 4.74 Å². The zero-order valence-corrected chi connectivity index (χ0v) is 6.98. The molecule has 66 valence electrons. The fourth-order valence-corrected chi connectivity index (χ4v) is 0.840. The van der Waals surface area contributed by atoms with E-state index < -0.39 is 5.97 Å². The van der Waals surface area contributed by atoms with Gasteiger partial charge < -0.3 is 4.74 Å². The summed E-state index contributed by atoms with van der Waals surface area (Å²) in [5, 5.41) is 0. The molecule has 0 aliphatic rings. The number of nitrogens with zero attached hydrogens (tertiary/aromatic N) is 1. The molecular weight excluding hydrogens is 170 g/mol. The van der Waals surface area contributed by atoms with Gasteiger partial charge in [-0.2, -0.15) is 4.99 Å². The summed E-state index contributed by atoms with van der Waals surface area (Å²) in [6, 6.07) is 6.48. The number of ether oxygens (including phenoxy) is 1. The van der Waals surface area contributed by atoms with Crippen molar-refractivity contribution in [3.8, 4) is 5.75 Å². The SMILES string of the molecule is CC(=O)Oc1ccccc1N=C=O. The summed E-state index contributed by atoms with van der Waals surface area (Å²) < 4.78 is 4.79. The first kappa shape index (κ1) is 9.16. The highest BCUT2D eigenvalue weighted by Crippen LogP contribution is 2.25. The zero-order chi connectivity index (χ0) is 9.68. The molecule has 1 rings (SSSR count). The molecule has 0 radical (unpaired) electrons. The molecule has 0 unspecified atom stereocenters. The molecule has 0 aliphatic heterocycles. The normalized spacial score (nSPS) is 8.69. The monoisotopic (exact) mass is 177 g/mol. The van der Waals surface area contributed by atoms with E-state index in [4.69, 9.17) is 4.74 Å². The third-order valence-corrected chi connectivity index (χ3v) is 1.29. The van der Waals surface area contributed by atoms with Crippen LogP contribution in [0.15, 0.2) is 29.3 Å². The molecule has 0 heterocycles. The Balaban J connectivity index is 3.04. The first-order valence-electron chi connectivity index (χ1n) is 3.59. The van der Waals surface area contributed by atoms with Crippen molar-refractivity contribution in [2.24, 2.45) is 4.99 Å². The lowest BCUT2D eigenvalue weighted by atomic mass is 10.3. The standard InChI is InChI=1S/C9H7NO3/c1-7(12)13-9-5-3-2-4-8(9)10-6-11/h2-5H,1H3. The van der Waals surface area contributed by atoms with Crippen molar-refractivity contribution in [2.45, 2.75) is 6.92 Å². The molecule has 0 atom stereocenters. The number of hydrogen-bond donors (Lipinski definition) is 0. The molecular formula is C9H7NO3. The molecule has 0 N–H and O–H groups in total. The van der Waals surface area contributed by atoms with Gasteiger partial charge in [-0.15, -0.1) is 0 Å². The second-order valence-corrected chi connectivity index (χ2v) is 2.26. The van der Waals surface area contributed by atoms with Crippen LogP contribution in [0.1, 0.15) is 6.92 Å². The molecule has 1 aromatic carbocycles. The van der Waals surface area contributed by atoms with Crippen LogP contribution in [0.25, 0.3) is 0 Å². The van der Waals surface area contributed by atoms with Gasteiger partial charge in [0.2, 0.25) is 6.08 Å². The van der Waals surface area contributed by atoms with Gasteiger partial charge in [0.25, 0.3) is 0 Å². The molecule has 0 saturated carbocycles. The van der Waals surface area contributed by atoms with Crippen molar-refractivity contribution in [3.05, 3.63) is 24.3 Å². The Morgan fingerprint density at radius 2 is 2.15 bits per heavy atom. The first-order valence-corrected chi connectivity index (χ1v) is 3.59. The Bertz CT molecular complexity index is 367. The van der Waals surface area contributed by atoms with Crippen molar-refractivity contribution < 1.29 is 14.3 Å². The number of rotatable bonds is 2. The van der Waals surface area contributed by atoms with Crippen molar-refractivity contribution in [3.63, 3.8) is 0 Å². The van der Waals surface area contributed by atoms with Crippen LogP contribution >= 0.6 is 0 Å². The van der Waals surface area contributed by atoms with E-state index in [1.807, 2.05) is 0 Å². The number of hydrogen-bond acceptors (Lipinski definition) is 4. The number of benzene rings is 1. The second-order valence-electron chi connectivity index (χ2n) is 2.26. The van der Waals surface area contributed by atoms with E-state index in [-0.39, 0.29) is 5.75 Å². The van der Waals surface area contributed by atoms with Crippen LogP contribution in [0, 0.1) is 0 Å². The molecule has 0 aromatic heterocycles. The van der Waals surface area contributed by atoms with Crippen molar-refractivity contribution in [1.29, 1.82) is 0 Å². The molecule has 1 aromatic rings. The molecule has 0 fully saturated rings. The summed E-state index contributed by atoms with van der Waals surface area (Å²) in [4.78, 5) is 24.0. The van der Waals surface area contributed by atoms with E-state index in [1.165, 1.54) is 13.0 Å². The number of esters is 1. The molecule has 0 saturated heterocycles. The average molecular weight is 177 g/mol. The number of carbonyl (C=O) groups is 1. The van der Waals surface area contributed by atoms with E-state index in [2.05, 4.69) is 4.99 Å². The second kappa shape index (κ2) is 4.18. The predicted octanol–water partition coefficient (Wildman–Crippen LogP) is 1.58. The topological polar surface area (TPSA) is 55.7 Å². The smallest absolute Gasteiger partial charge is 0.308 e. The molecule has 0 aliphatic carbocycles. The van der Waals surface area contributed by atoms with Crippen LogP contribution in [-0.2, 0) is 9.59 Å². The zero-order valence-electron chi connectivity index (χ0n) is 6.98. The van der Waals surface area contributed by atoms with Crippen LogP contribution in [0.4, 0.5) is 5.69 Å². The molecule has 0 amide bonds. The Labute approximate surface area is 74.9 Å². The van der Waals surface area contributed by atoms with Gasteiger partial charge in [0, 0.05) is 6.92 Å². The Morgan fingerprint density at radius 3 is 2.77 bits per heavy atom. The minimum absolute atomic E-state index is 0.262. The summed E-state index contributed by atoms with van der Waals surface area (Å²) in [6.45, 7) is 1.28. The highest BCUT2D eigenvalue weighted by molar-refractivity contribution is 5.72. The minimum Gasteiger partial charge on any atom is -0.424 e. The third-order valence-electron chi connectivity index (χ3n) is 1.29. The van der Waals surface area contributed by atoms with E-state index in [0.717, 1.165) is 0 Å². The van der Waals surface area contributed by atoms with Crippen molar-refractivity contribution in [1.82, 2.24) is 0 Å². The summed E-state index contributed by atoms with van der Waals surface area (Å²) in [5.41, 5.74) is 0.299. The number of aliphatic imine (C=N–C) groups is 1. The molecule has 0 bridgehead atoms. The van der Waals surface area contributed by atoms with E-state index >= 15 is 0 Å². The van der Waals surface area contributed by atoms with Gasteiger partial charge in [0.05, 0.1) is 0 Å². The predicted molar refractivity (Wildman–Crippen MR) is 45.5 cm³/mol. The van der Waals surface area contributed by atoms with Gasteiger partial charge in [-0.25, -0.2) is 4.79 Å². The van der Waals surface area contributed by atoms with Crippen LogP contribution in [-0.4, -0.2) is 12.0 Å². The van der Waals surface area contributed by atoms with E-state index in [1.54, 1.807) is 24.3 Å². The number of carbonyl (C=O) groups excluding carboxylic acids is 2. The number of isocyanates is 1. The Hall–Kier alpha value is -1.93. The fraction of sp³-hybridized carbons (Fsp3) is 0.111. The fourth-order valence-electron chi connectivity index (χ4n) is 0.840. The van der Waals surface area contributed by atoms with Gasteiger partial charge in [0.15, 0.2) is 5.75 Å². The van der Waals surface area contributed by atoms with Gasteiger partial charge in [-0.1, -0.05) is 12.1 Å². The molecule has 0 spiro atoms. The molecule has 13 heavy (non-hydrogen) atoms. The largest absolute Gasteiger partial charge is 0.424 e. The first-order chi connectivity index (χ1) is 6.24. The van der Waals surface area contributed by atoms with Gasteiger partial charge in [-0.3, -0.25) is 4.79 Å². The van der Waals surface area contributed by atoms with Crippen molar-refractivity contribution >= 4 is 17.7 Å². The molecule has 4 nitrogen and oxygen atoms in total. The quantitative estimate of drug-likeness (QED) is 0.298. The summed E-state index contributed by atoms with van der Waals surface area (Å²) in [7, 11) is 0. The van der Waals surface area contributed by atoms with Crippen LogP contribution in [0.2, 0.25) is 0 Å². The van der Waals surface area contributed by atoms with Crippen molar-refractivity contribution in [2.75, 3.05) is 0 Å². The Morgan fingerprint density at radius 1 is 1.46 bits per heavy atom. The lowest BCUT2D eigenvalue weighted by Crippen LogP contribution is -2.01. The summed E-state index contributed by atoms with van der Waals surface area (Å²) in [6.07, 6.45) is 1.38. The maximum atomic E-state index is 10.6. The van der Waals surface area contributed by atoms with Crippen LogP contribution in [0.3, 0.4) is 0 Å². The summed E-state index contributed by atoms with van der Waals surface area (Å²) >= 11 is 0. The maximum Gasteiger partial charge on any atom is 0.308 e. The lowest BCUT2D eigenvalue weighted by molar-refractivity contribution is -0.131. The lowest BCUT2D eigenvalue weighted by Gasteiger charge is -2.01. The maximum absolute atomic E-state index is 10.6. The number of para-hydroxylation sites is 2. The van der Waals surface area contributed by atoms with Gasteiger partial charge in [-0.05, 0) is 12.1 Å². The Kier molecular flexibility index (Phi) is 2.95. The third kappa shape index (κ3) is 2.54. The summed E-state index contributed by atoms with van der Waals surface area (Å²) in [5.74, 6) is -0.188. The van der Waals surface area contributed by atoms with Gasteiger partial charge >= 0.3 is 5.97 Å². The molecule has 4 heteroatoms. The highest BCUT2D eigenvalue weighted by atomic mass is 16.5.